The number of amides is 1. The summed E-state index contributed by atoms with van der Waals surface area (Å²) in [5.74, 6) is 0.885. The molecule has 2 aromatic carbocycles. The molecule has 0 saturated carbocycles. The fourth-order valence-electron chi connectivity index (χ4n) is 3.82. The van der Waals surface area contributed by atoms with Crippen molar-refractivity contribution in [2.24, 2.45) is 0 Å². The van der Waals surface area contributed by atoms with Crippen LogP contribution in [0.1, 0.15) is 5.56 Å². The van der Waals surface area contributed by atoms with E-state index in [0.717, 1.165) is 16.9 Å². The SMILES string of the molecule is COc1cc(-c2nn(-c3ccc(N(C)C(=O)/C=C/CN(C)C)c(Cl)c3)c3ncnc(N)c23)ccc1C. The van der Waals surface area contributed by atoms with Gasteiger partial charge in [-0.15, -0.1) is 0 Å². The summed E-state index contributed by atoms with van der Waals surface area (Å²) < 4.78 is 7.16. The number of rotatable bonds is 7. The monoisotopic (exact) mass is 505 g/mol. The Kier molecular flexibility index (Phi) is 7.23. The molecule has 2 N–H and O–H groups in total. The Balaban J connectivity index is 1.76. The maximum atomic E-state index is 12.6. The van der Waals surface area contributed by atoms with Gasteiger partial charge in [-0.25, -0.2) is 14.6 Å². The van der Waals surface area contributed by atoms with Gasteiger partial charge in [0.15, 0.2) is 5.65 Å². The zero-order chi connectivity index (χ0) is 26.0. The Bertz CT molecular complexity index is 1460. The van der Waals surface area contributed by atoms with Gasteiger partial charge < -0.3 is 20.3 Å². The maximum Gasteiger partial charge on any atom is 0.250 e. The van der Waals surface area contributed by atoms with Gasteiger partial charge in [0.2, 0.25) is 5.91 Å². The molecule has 0 spiro atoms. The van der Waals surface area contributed by atoms with E-state index in [9.17, 15) is 4.79 Å². The van der Waals surface area contributed by atoms with Crippen LogP contribution in [0, 0.1) is 6.92 Å². The number of hydrogen-bond acceptors (Lipinski definition) is 7. The van der Waals surface area contributed by atoms with E-state index in [1.165, 1.54) is 17.3 Å². The van der Waals surface area contributed by atoms with E-state index >= 15 is 0 Å². The third-order valence-corrected chi connectivity index (χ3v) is 6.08. The van der Waals surface area contributed by atoms with Crippen LogP contribution >= 0.6 is 11.6 Å². The van der Waals surface area contributed by atoms with Crippen LogP contribution < -0.4 is 15.4 Å². The number of nitrogens with two attached hydrogens (primary N) is 1. The average molecular weight is 506 g/mol. The predicted octanol–water partition coefficient (Wildman–Crippen LogP) is 4.12. The van der Waals surface area contributed by atoms with Crippen molar-refractivity contribution in [3.63, 3.8) is 0 Å². The van der Waals surface area contributed by atoms with E-state index in [1.807, 2.05) is 56.3 Å². The molecule has 0 aliphatic rings. The van der Waals surface area contributed by atoms with Crippen molar-refractivity contribution in [2.75, 3.05) is 45.4 Å². The lowest BCUT2D eigenvalue weighted by Gasteiger charge is -2.18. The number of likely N-dealkylation sites (N-methyl/N-ethyl adjacent to an activating group) is 2. The topological polar surface area (TPSA) is 102 Å². The third kappa shape index (κ3) is 4.89. The van der Waals surface area contributed by atoms with Crippen LogP contribution in [0.2, 0.25) is 5.02 Å². The normalized spacial score (nSPS) is 11.5. The van der Waals surface area contributed by atoms with Crippen molar-refractivity contribution < 1.29 is 9.53 Å². The zero-order valence-corrected chi connectivity index (χ0v) is 21.6. The van der Waals surface area contributed by atoms with Crippen molar-refractivity contribution in [2.45, 2.75) is 6.92 Å². The summed E-state index contributed by atoms with van der Waals surface area (Å²) in [5.41, 5.74) is 10.5. The van der Waals surface area contributed by atoms with Crippen LogP contribution in [0.25, 0.3) is 28.0 Å². The first-order valence-corrected chi connectivity index (χ1v) is 11.6. The van der Waals surface area contributed by atoms with Crippen LogP contribution in [0.15, 0.2) is 54.9 Å². The Morgan fingerprint density at radius 1 is 1.17 bits per heavy atom. The number of aromatic nitrogens is 4. The Hall–Kier alpha value is -3.95. The second kappa shape index (κ2) is 10.3. The third-order valence-electron chi connectivity index (χ3n) is 5.77. The molecule has 0 aliphatic heterocycles. The molecule has 4 rings (SSSR count). The van der Waals surface area contributed by atoms with Gasteiger partial charge >= 0.3 is 0 Å². The van der Waals surface area contributed by atoms with Crippen LogP contribution in [0.5, 0.6) is 5.75 Å². The smallest absolute Gasteiger partial charge is 0.250 e. The first-order valence-electron chi connectivity index (χ1n) is 11.2. The highest BCUT2D eigenvalue weighted by Gasteiger charge is 2.20. The minimum Gasteiger partial charge on any atom is -0.496 e. The first kappa shape index (κ1) is 25.2. The van der Waals surface area contributed by atoms with E-state index in [0.29, 0.717) is 45.5 Å². The molecule has 36 heavy (non-hydrogen) atoms. The molecule has 1 amide bonds. The molecule has 0 bridgehead atoms. The second-order valence-corrected chi connectivity index (χ2v) is 9.01. The Morgan fingerprint density at radius 3 is 2.64 bits per heavy atom. The van der Waals surface area contributed by atoms with Gasteiger partial charge in [0, 0.05) is 25.2 Å². The van der Waals surface area contributed by atoms with E-state index in [4.69, 9.17) is 27.2 Å². The van der Waals surface area contributed by atoms with Gasteiger partial charge in [0.25, 0.3) is 0 Å². The number of methoxy groups -OCH3 is 1. The second-order valence-electron chi connectivity index (χ2n) is 8.60. The summed E-state index contributed by atoms with van der Waals surface area (Å²) >= 11 is 6.62. The molecule has 4 aromatic rings. The highest BCUT2D eigenvalue weighted by molar-refractivity contribution is 6.34. The van der Waals surface area contributed by atoms with Gasteiger partial charge in [-0.3, -0.25) is 4.79 Å². The molecule has 0 saturated heterocycles. The fourth-order valence-corrected chi connectivity index (χ4v) is 4.12. The number of benzene rings is 2. The number of anilines is 2. The van der Waals surface area contributed by atoms with Gasteiger partial charge in [0.1, 0.15) is 23.6 Å². The molecule has 2 heterocycles. The van der Waals surface area contributed by atoms with Crippen molar-refractivity contribution in [1.29, 1.82) is 0 Å². The highest BCUT2D eigenvalue weighted by Crippen LogP contribution is 2.35. The molecular weight excluding hydrogens is 478 g/mol. The first-order chi connectivity index (χ1) is 17.2. The average Bonchev–Trinajstić information content (AvgIpc) is 3.24. The summed E-state index contributed by atoms with van der Waals surface area (Å²) in [6, 6.07) is 11.2. The summed E-state index contributed by atoms with van der Waals surface area (Å²) in [7, 11) is 7.19. The lowest BCUT2D eigenvalue weighted by Crippen LogP contribution is -2.24. The molecule has 186 valence electrons. The quantitative estimate of drug-likeness (QED) is 0.377. The number of nitrogen functional groups attached to an aromatic ring is 1. The summed E-state index contributed by atoms with van der Waals surface area (Å²) in [5, 5.41) is 5.85. The number of aryl methyl sites for hydroxylation is 1. The van der Waals surface area contributed by atoms with Crippen LogP contribution in [0.4, 0.5) is 11.5 Å². The summed E-state index contributed by atoms with van der Waals surface area (Å²) in [6.45, 7) is 2.64. The van der Waals surface area contributed by atoms with Crippen molar-refractivity contribution >= 4 is 40.0 Å². The molecular formula is C26H28ClN7O2. The van der Waals surface area contributed by atoms with Gasteiger partial charge in [-0.1, -0.05) is 29.8 Å². The number of carbonyl (C=O) groups excluding carboxylic acids is 1. The zero-order valence-electron chi connectivity index (χ0n) is 20.9. The van der Waals surface area contributed by atoms with Crippen molar-refractivity contribution in [3.8, 4) is 22.7 Å². The van der Waals surface area contributed by atoms with E-state index in [1.54, 1.807) is 31.0 Å². The Labute approximate surface area is 214 Å². The lowest BCUT2D eigenvalue weighted by atomic mass is 10.1. The number of halogens is 1. The van der Waals surface area contributed by atoms with E-state index in [2.05, 4.69) is 9.97 Å². The van der Waals surface area contributed by atoms with Gasteiger partial charge in [-0.05, 0) is 50.8 Å². The van der Waals surface area contributed by atoms with Crippen LogP contribution in [-0.4, -0.2) is 65.4 Å². The van der Waals surface area contributed by atoms with Crippen LogP contribution in [0.3, 0.4) is 0 Å². The summed E-state index contributed by atoms with van der Waals surface area (Å²) in [4.78, 5) is 24.7. The molecule has 0 radical (unpaired) electrons. The number of nitrogens with zero attached hydrogens (tertiary/aromatic N) is 6. The molecule has 10 heteroatoms. The minimum atomic E-state index is -0.174. The molecule has 0 unspecified atom stereocenters. The molecule has 0 aliphatic carbocycles. The number of fused-ring (bicyclic) bond motifs is 1. The molecule has 0 atom stereocenters. The Morgan fingerprint density at radius 2 is 1.94 bits per heavy atom. The predicted molar refractivity (Wildman–Crippen MR) is 144 cm³/mol. The minimum absolute atomic E-state index is 0.174. The van der Waals surface area contributed by atoms with E-state index < -0.39 is 0 Å². The molecule has 9 nitrogen and oxygen atoms in total. The van der Waals surface area contributed by atoms with E-state index in [-0.39, 0.29) is 5.91 Å². The molecule has 2 aromatic heterocycles. The summed E-state index contributed by atoms with van der Waals surface area (Å²) in [6.07, 6.45) is 4.74. The van der Waals surface area contributed by atoms with Crippen LogP contribution in [-0.2, 0) is 4.79 Å². The molecule has 0 fully saturated rings. The number of carbonyl (C=O) groups is 1. The standard InChI is InChI=1S/C26H28ClN7O2/c1-16-8-9-17(13-21(16)36-5)24-23-25(28)29-15-30-26(23)34(31-24)18-10-11-20(19(27)14-18)33(4)22(35)7-6-12-32(2)3/h6-11,13-15H,12H2,1-5H3,(H2,28,29,30)/b7-6+. The van der Waals surface area contributed by atoms with Crippen molar-refractivity contribution in [1.82, 2.24) is 24.6 Å². The fraction of sp³-hybridized carbons (Fsp3) is 0.231. The lowest BCUT2D eigenvalue weighted by molar-refractivity contribution is -0.113. The largest absolute Gasteiger partial charge is 0.496 e. The van der Waals surface area contributed by atoms with Gasteiger partial charge in [-0.2, -0.15) is 5.10 Å². The number of hydrogen-bond donors (Lipinski definition) is 1. The highest BCUT2D eigenvalue weighted by atomic mass is 35.5. The maximum absolute atomic E-state index is 12.6. The van der Waals surface area contributed by atoms with Crippen molar-refractivity contribution in [3.05, 3.63) is 65.5 Å². The van der Waals surface area contributed by atoms with Gasteiger partial charge in [0.05, 0.1) is 28.9 Å². The number of ether oxygens (including phenoxy) is 1.